The van der Waals surface area contributed by atoms with E-state index in [1.165, 1.54) is 0 Å². The summed E-state index contributed by atoms with van der Waals surface area (Å²) >= 11 is 0. The van der Waals surface area contributed by atoms with Crippen LogP contribution in [0.4, 0.5) is 13.6 Å². The lowest BCUT2D eigenvalue weighted by Crippen LogP contribution is -2.64. The summed E-state index contributed by atoms with van der Waals surface area (Å²) < 4.78 is 31.8. The van der Waals surface area contributed by atoms with Crippen molar-refractivity contribution in [1.29, 1.82) is 0 Å². The van der Waals surface area contributed by atoms with Gasteiger partial charge in [0.15, 0.2) is 0 Å². The molecule has 2 fully saturated rings. The normalized spacial score (nSPS) is 31.9. The molecule has 92 valence electrons. The number of amides is 1. The monoisotopic (exact) mass is 234 g/mol. The molecule has 2 aliphatic rings. The smallest absolute Gasteiger partial charge is 0.410 e. The molecule has 16 heavy (non-hydrogen) atoms. The number of hydrogen-bond acceptors (Lipinski definition) is 3. The Balaban J connectivity index is 2.04. The maximum absolute atomic E-state index is 13.4. The average molecular weight is 234 g/mol. The third kappa shape index (κ3) is 1.86. The highest BCUT2D eigenvalue weighted by Gasteiger charge is 2.60. The summed E-state index contributed by atoms with van der Waals surface area (Å²) in [6.45, 7) is 5.02. The van der Waals surface area contributed by atoms with Gasteiger partial charge >= 0.3 is 6.09 Å². The molecule has 4 nitrogen and oxygen atoms in total. The number of likely N-dealkylation sites (tertiary alicyclic amines) is 1. The highest BCUT2D eigenvalue weighted by Crippen LogP contribution is 2.37. The standard InChI is InChI=1S/C10H16F2N2O2/c1-9(2,3)16-8(15)14-5-10(11,12)7-6(14)4-13-7/h6-7,13H,4-5H2,1-3H3. The Labute approximate surface area is 92.9 Å². The molecule has 1 N–H and O–H groups in total. The van der Waals surface area contributed by atoms with Crippen molar-refractivity contribution in [2.75, 3.05) is 13.1 Å². The van der Waals surface area contributed by atoms with Crippen LogP contribution >= 0.6 is 0 Å². The van der Waals surface area contributed by atoms with E-state index in [0.29, 0.717) is 6.54 Å². The number of nitrogens with zero attached hydrogens (tertiary/aromatic N) is 1. The Morgan fingerprint density at radius 2 is 2.12 bits per heavy atom. The van der Waals surface area contributed by atoms with Crippen LogP contribution < -0.4 is 5.32 Å². The lowest BCUT2D eigenvalue weighted by Gasteiger charge is -2.37. The quantitative estimate of drug-likeness (QED) is 0.685. The van der Waals surface area contributed by atoms with Crippen LogP contribution in [0.2, 0.25) is 0 Å². The van der Waals surface area contributed by atoms with E-state index in [-0.39, 0.29) is 0 Å². The molecule has 0 spiro atoms. The molecule has 0 aromatic rings. The van der Waals surface area contributed by atoms with Crippen molar-refractivity contribution in [3.63, 3.8) is 0 Å². The van der Waals surface area contributed by atoms with Crippen LogP contribution in [0, 0.1) is 0 Å². The number of alkyl halides is 2. The van der Waals surface area contributed by atoms with E-state index in [2.05, 4.69) is 5.32 Å². The number of carbonyl (C=O) groups excluding carboxylic acids is 1. The number of fused-ring (bicyclic) bond motifs is 1. The number of carbonyl (C=O) groups is 1. The minimum Gasteiger partial charge on any atom is -0.444 e. The summed E-state index contributed by atoms with van der Waals surface area (Å²) in [5, 5.41) is 2.65. The van der Waals surface area contributed by atoms with Crippen molar-refractivity contribution in [3.05, 3.63) is 0 Å². The molecular formula is C10H16F2N2O2. The summed E-state index contributed by atoms with van der Waals surface area (Å²) in [6, 6.07) is -1.33. The summed E-state index contributed by atoms with van der Waals surface area (Å²) in [5.41, 5.74) is -0.651. The first-order valence-corrected chi connectivity index (χ1v) is 5.31. The predicted octanol–water partition coefficient (Wildman–Crippen LogP) is 1.21. The first kappa shape index (κ1) is 11.6. The highest BCUT2D eigenvalue weighted by molar-refractivity contribution is 5.70. The molecule has 0 aliphatic carbocycles. The fourth-order valence-corrected chi connectivity index (χ4v) is 2.03. The lowest BCUT2D eigenvalue weighted by molar-refractivity contribution is -0.0237. The van der Waals surface area contributed by atoms with Crippen LogP contribution in [0.1, 0.15) is 20.8 Å². The zero-order chi connectivity index (χ0) is 12.1. The van der Waals surface area contributed by atoms with Gasteiger partial charge in [-0.1, -0.05) is 0 Å². The van der Waals surface area contributed by atoms with Gasteiger partial charge < -0.3 is 10.1 Å². The molecule has 0 bridgehead atoms. The van der Waals surface area contributed by atoms with Gasteiger partial charge in [-0.3, -0.25) is 4.90 Å². The van der Waals surface area contributed by atoms with Gasteiger partial charge in [-0.2, -0.15) is 0 Å². The summed E-state index contributed by atoms with van der Waals surface area (Å²) in [5.74, 6) is -2.85. The van der Waals surface area contributed by atoms with E-state index >= 15 is 0 Å². The van der Waals surface area contributed by atoms with Crippen molar-refractivity contribution in [3.8, 4) is 0 Å². The van der Waals surface area contributed by atoms with Crippen molar-refractivity contribution >= 4 is 6.09 Å². The molecule has 2 heterocycles. The molecule has 6 heteroatoms. The Kier molecular flexibility index (Phi) is 2.38. The molecule has 2 aliphatic heterocycles. The van der Waals surface area contributed by atoms with Gasteiger partial charge in [0.1, 0.15) is 5.60 Å². The number of ether oxygens (including phenoxy) is 1. The first-order valence-electron chi connectivity index (χ1n) is 5.31. The molecule has 2 rings (SSSR count). The van der Waals surface area contributed by atoms with E-state index in [1.807, 2.05) is 0 Å². The molecule has 2 saturated heterocycles. The molecule has 0 aromatic carbocycles. The first-order chi connectivity index (χ1) is 7.21. The topological polar surface area (TPSA) is 41.6 Å². The molecular weight excluding hydrogens is 218 g/mol. The fraction of sp³-hybridized carbons (Fsp3) is 0.900. The molecule has 0 aromatic heterocycles. The Morgan fingerprint density at radius 1 is 1.50 bits per heavy atom. The van der Waals surface area contributed by atoms with Gasteiger partial charge in [0.05, 0.1) is 18.6 Å². The number of nitrogens with one attached hydrogen (secondary N) is 1. The predicted molar refractivity (Wildman–Crippen MR) is 53.5 cm³/mol. The SMILES string of the molecule is CC(C)(C)OC(=O)N1CC(F)(F)C2NCC21. The van der Waals surface area contributed by atoms with Crippen LogP contribution in [0.3, 0.4) is 0 Å². The van der Waals surface area contributed by atoms with Gasteiger partial charge in [0.25, 0.3) is 5.92 Å². The minimum absolute atomic E-state index is 0.416. The van der Waals surface area contributed by atoms with Crippen LogP contribution in [0.25, 0.3) is 0 Å². The Hall–Kier alpha value is -0.910. The largest absolute Gasteiger partial charge is 0.444 e. The van der Waals surface area contributed by atoms with E-state index in [0.717, 1.165) is 4.90 Å². The van der Waals surface area contributed by atoms with E-state index in [1.54, 1.807) is 20.8 Å². The summed E-state index contributed by atoms with van der Waals surface area (Å²) in [4.78, 5) is 12.8. The average Bonchev–Trinajstić information content (AvgIpc) is 2.11. The van der Waals surface area contributed by atoms with E-state index < -0.39 is 36.2 Å². The maximum atomic E-state index is 13.4. The molecule has 0 saturated carbocycles. The van der Waals surface area contributed by atoms with Gasteiger partial charge in [0, 0.05) is 6.54 Å². The summed E-state index contributed by atoms with van der Waals surface area (Å²) in [6.07, 6.45) is -0.652. The van der Waals surface area contributed by atoms with Crippen LogP contribution in [-0.2, 0) is 4.74 Å². The third-order valence-electron chi connectivity index (χ3n) is 2.80. The molecule has 0 radical (unpaired) electrons. The maximum Gasteiger partial charge on any atom is 0.410 e. The van der Waals surface area contributed by atoms with Crippen LogP contribution in [-0.4, -0.2) is 47.7 Å². The van der Waals surface area contributed by atoms with Gasteiger partial charge in [0.2, 0.25) is 0 Å². The molecule has 2 unspecified atom stereocenters. The second-order valence-electron chi connectivity index (χ2n) is 5.32. The summed E-state index contributed by atoms with van der Waals surface area (Å²) in [7, 11) is 0. The van der Waals surface area contributed by atoms with Crippen molar-refractivity contribution in [2.24, 2.45) is 0 Å². The van der Waals surface area contributed by atoms with Gasteiger partial charge in [-0.15, -0.1) is 0 Å². The van der Waals surface area contributed by atoms with E-state index in [9.17, 15) is 13.6 Å². The van der Waals surface area contributed by atoms with Gasteiger partial charge in [-0.05, 0) is 20.8 Å². The zero-order valence-corrected chi connectivity index (χ0v) is 9.59. The lowest BCUT2D eigenvalue weighted by atomic mass is 9.99. The zero-order valence-electron chi connectivity index (χ0n) is 9.59. The van der Waals surface area contributed by atoms with Crippen molar-refractivity contribution in [2.45, 2.75) is 44.4 Å². The highest BCUT2D eigenvalue weighted by atomic mass is 19.3. The fourth-order valence-electron chi connectivity index (χ4n) is 2.03. The van der Waals surface area contributed by atoms with Crippen molar-refractivity contribution < 1.29 is 18.3 Å². The number of rotatable bonds is 0. The number of halogens is 2. The van der Waals surface area contributed by atoms with E-state index in [4.69, 9.17) is 4.74 Å². The molecule has 2 atom stereocenters. The Morgan fingerprint density at radius 3 is 2.50 bits per heavy atom. The second kappa shape index (κ2) is 3.29. The Bertz CT molecular complexity index is 314. The van der Waals surface area contributed by atoms with Crippen molar-refractivity contribution in [1.82, 2.24) is 10.2 Å². The van der Waals surface area contributed by atoms with Gasteiger partial charge in [-0.25, -0.2) is 13.6 Å². The number of hydrogen-bond donors (Lipinski definition) is 1. The third-order valence-corrected chi connectivity index (χ3v) is 2.80. The second-order valence-corrected chi connectivity index (χ2v) is 5.32. The van der Waals surface area contributed by atoms with Crippen LogP contribution in [0.5, 0.6) is 0 Å². The minimum atomic E-state index is -2.85. The van der Waals surface area contributed by atoms with Crippen LogP contribution in [0.15, 0.2) is 0 Å². The molecule has 1 amide bonds.